The molecule has 2 aromatic heterocycles. The lowest BCUT2D eigenvalue weighted by Gasteiger charge is -2.13. The third-order valence-corrected chi connectivity index (χ3v) is 6.83. The Morgan fingerprint density at radius 2 is 1.94 bits per heavy atom. The normalized spacial score (nSPS) is 16.3. The van der Waals surface area contributed by atoms with Crippen LogP contribution in [-0.2, 0) is 24.1 Å². The number of anilines is 1. The first-order chi connectivity index (χ1) is 15.7. The van der Waals surface area contributed by atoms with Crippen molar-refractivity contribution in [2.75, 3.05) is 5.32 Å². The maximum Gasteiger partial charge on any atom is 0.256 e. The van der Waals surface area contributed by atoms with Crippen molar-refractivity contribution < 1.29 is 4.79 Å². The van der Waals surface area contributed by atoms with Crippen LogP contribution >= 0.6 is 11.6 Å². The fraction of sp³-hybridized carbons (Fsp3) is 0.185. The van der Waals surface area contributed by atoms with E-state index >= 15 is 0 Å². The first kappa shape index (κ1) is 19.3. The molecular formula is C27H22ClN3O. The number of nitrogens with zero attached hydrogens (tertiary/aromatic N) is 1. The number of H-pyrrole nitrogens is 1. The molecule has 1 amide bonds. The Morgan fingerprint density at radius 3 is 2.88 bits per heavy atom. The van der Waals surface area contributed by atoms with E-state index in [0.29, 0.717) is 10.6 Å². The Labute approximate surface area is 191 Å². The molecule has 0 fully saturated rings. The van der Waals surface area contributed by atoms with Crippen molar-refractivity contribution in [2.24, 2.45) is 0 Å². The molecule has 158 valence electrons. The van der Waals surface area contributed by atoms with Gasteiger partial charge in [0.05, 0.1) is 11.3 Å². The largest absolute Gasteiger partial charge is 0.358 e. The molecule has 0 radical (unpaired) electrons. The second-order valence-electron chi connectivity index (χ2n) is 8.54. The van der Waals surface area contributed by atoms with Crippen molar-refractivity contribution >= 4 is 45.6 Å². The van der Waals surface area contributed by atoms with Crippen LogP contribution in [0.1, 0.15) is 46.6 Å². The van der Waals surface area contributed by atoms with Crippen LogP contribution < -0.4 is 5.32 Å². The second-order valence-corrected chi connectivity index (χ2v) is 8.98. The van der Waals surface area contributed by atoms with Gasteiger partial charge in [0, 0.05) is 45.7 Å². The molecule has 0 unspecified atom stereocenters. The molecule has 2 aliphatic rings. The standard InChI is InChI=1S/C27H22ClN3O/c28-17-9-10-24-20(13-17)22(27(32)31-24)15-26-21(19-7-3-4-8-23(19)30-26)14-25-18-6-2-1-5-16(18)11-12-29-25/h1-2,5-6,9-13,15,30H,3-4,7-8,14H2,(H,31,32). The van der Waals surface area contributed by atoms with Crippen molar-refractivity contribution in [2.45, 2.75) is 32.1 Å². The van der Waals surface area contributed by atoms with Gasteiger partial charge in [-0.25, -0.2) is 0 Å². The fourth-order valence-corrected chi connectivity index (χ4v) is 5.21. The highest BCUT2D eigenvalue weighted by Crippen LogP contribution is 2.37. The van der Waals surface area contributed by atoms with Crippen LogP contribution in [0, 0.1) is 0 Å². The number of rotatable bonds is 3. The van der Waals surface area contributed by atoms with Gasteiger partial charge in [-0.05, 0) is 72.5 Å². The number of amides is 1. The molecule has 1 aliphatic carbocycles. The zero-order valence-corrected chi connectivity index (χ0v) is 18.3. The van der Waals surface area contributed by atoms with E-state index in [-0.39, 0.29) is 5.91 Å². The third kappa shape index (κ3) is 3.23. The van der Waals surface area contributed by atoms with Crippen molar-refractivity contribution in [1.82, 2.24) is 9.97 Å². The van der Waals surface area contributed by atoms with Crippen LogP contribution in [0.15, 0.2) is 54.7 Å². The molecule has 0 atom stereocenters. The molecule has 4 nitrogen and oxygen atoms in total. The molecule has 32 heavy (non-hydrogen) atoms. The van der Waals surface area contributed by atoms with Crippen LogP contribution in [0.5, 0.6) is 0 Å². The van der Waals surface area contributed by atoms with Crippen LogP contribution in [0.2, 0.25) is 5.02 Å². The monoisotopic (exact) mass is 439 g/mol. The van der Waals surface area contributed by atoms with E-state index in [1.165, 1.54) is 40.4 Å². The van der Waals surface area contributed by atoms with Gasteiger partial charge in [0.2, 0.25) is 0 Å². The highest BCUT2D eigenvalue weighted by atomic mass is 35.5. The minimum atomic E-state index is -0.0934. The van der Waals surface area contributed by atoms with Crippen LogP contribution in [0.25, 0.3) is 22.4 Å². The van der Waals surface area contributed by atoms with Crippen molar-refractivity contribution in [1.29, 1.82) is 0 Å². The quantitative estimate of drug-likeness (QED) is 0.374. The van der Waals surface area contributed by atoms with E-state index in [4.69, 9.17) is 16.6 Å². The SMILES string of the molecule is O=C1Nc2ccc(Cl)cc2C1=Cc1[nH]c2c(c1Cc1nccc3ccccc13)CCCC2. The topological polar surface area (TPSA) is 57.8 Å². The van der Waals surface area contributed by atoms with Gasteiger partial charge >= 0.3 is 0 Å². The summed E-state index contributed by atoms with van der Waals surface area (Å²) < 4.78 is 0. The van der Waals surface area contributed by atoms with Gasteiger partial charge in [-0.15, -0.1) is 0 Å². The molecular weight excluding hydrogens is 418 g/mol. The number of nitrogens with one attached hydrogen (secondary N) is 2. The van der Waals surface area contributed by atoms with E-state index in [0.717, 1.165) is 41.9 Å². The molecule has 2 N–H and O–H groups in total. The molecule has 5 heteroatoms. The van der Waals surface area contributed by atoms with Crippen LogP contribution in [0.4, 0.5) is 5.69 Å². The van der Waals surface area contributed by atoms with E-state index < -0.39 is 0 Å². The first-order valence-corrected chi connectivity index (χ1v) is 11.4. The Morgan fingerprint density at radius 1 is 1.06 bits per heavy atom. The van der Waals surface area contributed by atoms with Gasteiger partial charge in [-0.3, -0.25) is 9.78 Å². The summed E-state index contributed by atoms with van der Waals surface area (Å²) in [4.78, 5) is 21.2. The van der Waals surface area contributed by atoms with E-state index in [9.17, 15) is 4.79 Å². The summed E-state index contributed by atoms with van der Waals surface area (Å²) in [7, 11) is 0. The van der Waals surface area contributed by atoms with Crippen molar-refractivity contribution in [3.63, 3.8) is 0 Å². The molecule has 0 saturated carbocycles. The summed E-state index contributed by atoms with van der Waals surface area (Å²) in [5, 5.41) is 5.95. The molecule has 0 bridgehead atoms. The maximum absolute atomic E-state index is 12.8. The lowest BCUT2D eigenvalue weighted by molar-refractivity contribution is -0.110. The lowest BCUT2D eigenvalue weighted by atomic mass is 9.91. The summed E-state index contributed by atoms with van der Waals surface area (Å²) in [6.07, 6.45) is 9.10. The van der Waals surface area contributed by atoms with Gasteiger partial charge in [-0.1, -0.05) is 35.9 Å². The predicted molar refractivity (Wildman–Crippen MR) is 130 cm³/mol. The molecule has 0 spiro atoms. The summed E-state index contributed by atoms with van der Waals surface area (Å²) in [6, 6.07) is 15.9. The molecule has 3 heterocycles. The number of fused-ring (bicyclic) bond motifs is 3. The van der Waals surface area contributed by atoms with E-state index in [1.807, 2.05) is 24.4 Å². The van der Waals surface area contributed by atoms with Crippen molar-refractivity contribution in [3.05, 3.63) is 93.5 Å². The van der Waals surface area contributed by atoms with Crippen molar-refractivity contribution in [3.8, 4) is 0 Å². The second kappa shape index (κ2) is 7.64. The number of hydrogen-bond acceptors (Lipinski definition) is 2. The number of pyridine rings is 1. The van der Waals surface area contributed by atoms with Crippen LogP contribution in [0.3, 0.4) is 0 Å². The van der Waals surface area contributed by atoms with E-state index in [1.54, 1.807) is 6.07 Å². The maximum atomic E-state index is 12.8. The predicted octanol–water partition coefficient (Wildman–Crippen LogP) is 6.18. The molecule has 2 aromatic carbocycles. The first-order valence-electron chi connectivity index (χ1n) is 11.1. The minimum Gasteiger partial charge on any atom is -0.358 e. The number of hydrogen-bond donors (Lipinski definition) is 2. The number of carbonyl (C=O) groups excluding carboxylic acids is 1. The summed E-state index contributed by atoms with van der Waals surface area (Å²) >= 11 is 6.23. The lowest BCUT2D eigenvalue weighted by Crippen LogP contribution is -2.04. The number of aromatic amines is 1. The van der Waals surface area contributed by atoms with Gasteiger partial charge in [0.25, 0.3) is 5.91 Å². The zero-order chi connectivity index (χ0) is 21.7. The summed E-state index contributed by atoms with van der Waals surface area (Å²) in [5.41, 5.74) is 8.31. The fourth-order valence-electron chi connectivity index (χ4n) is 5.04. The third-order valence-electron chi connectivity index (χ3n) is 6.60. The summed E-state index contributed by atoms with van der Waals surface area (Å²) in [5.74, 6) is -0.0934. The Balaban J connectivity index is 1.50. The molecule has 6 rings (SSSR count). The Bertz CT molecular complexity index is 1410. The van der Waals surface area contributed by atoms with Crippen LogP contribution in [-0.4, -0.2) is 15.9 Å². The average Bonchev–Trinajstić information content (AvgIpc) is 3.31. The molecule has 4 aromatic rings. The zero-order valence-electron chi connectivity index (χ0n) is 17.5. The summed E-state index contributed by atoms with van der Waals surface area (Å²) in [6.45, 7) is 0. The number of aryl methyl sites for hydroxylation is 1. The van der Waals surface area contributed by atoms with Gasteiger partial charge < -0.3 is 10.3 Å². The highest BCUT2D eigenvalue weighted by Gasteiger charge is 2.26. The number of carbonyl (C=O) groups is 1. The molecule has 0 saturated heterocycles. The van der Waals surface area contributed by atoms with Gasteiger partial charge in [-0.2, -0.15) is 0 Å². The minimum absolute atomic E-state index is 0.0934. The number of benzene rings is 2. The average molecular weight is 440 g/mol. The highest BCUT2D eigenvalue weighted by molar-refractivity contribution is 6.36. The Hall–Kier alpha value is -3.37. The Kier molecular flexibility index (Phi) is 4.62. The molecule has 1 aliphatic heterocycles. The van der Waals surface area contributed by atoms with Gasteiger partial charge in [0.1, 0.15) is 0 Å². The number of halogens is 1. The van der Waals surface area contributed by atoms with Gasteiger partial charge in [0.15, 0.2) is 0 Å². The van der Waals surface area contributed by atoms with E-state index in [2.05, 4.69) is 40.6 Å². The number of aromatic nitrogens is 2. The smallest absolute Gasteiger partial charge is 0.256 e.